The molecule has 94 valence electrons. The molecule has 3 aromatic rings. The van der Waals surface area contributed by atoms with Gasteiger partial charge in [0, 0.05) is 11.1 Å². The van der Waals surface area contributed by atoms with Gasteiger partial charge in [0.2, 0.25) is 0 Å². The largest absolute Gasteiger partial charge is 0.508 e. The third-order valence-electron chi connectivity index (χ3n) is 2.85. The standard InChI is InChI=1S/C14H12N4O/c15-18-13(10-4-2-1-3-5-10)16-17-14(18)11-6-8-12(19)9-7-11/h1-9,19H,15H2. The summed E-state index contributed by atoms with van der Waals surface area (Å²) in [6, 6.07) is 16.3. The number of aromatic hydroxyl groups is 1. The first-order valence-electron chi connectivity index (χ1n) is 5.81. The predicted octanol–water partition coefficient (Wildman–Crippen LogP) is 2.03. The minimum Gasteiger partial charge on any atom is -0.508 e. The number of benzene rings is 2. The van der Waals surface area contributed by atoms with Crippen LogP contribution in [0.4, 0.5) is 0 Å². The summed E-state index contributed by atoms with van der Waals surface area (Å²) in [6.45, 7) is 0. The van der Waals surface area contributed by atoms with E-state index in [4.69, 9.17) is 5.84 Å². The molecule has 0 saturated heterocycles. The number of nitrogen functional groups attached to an aromatic ring is 1. The van der Waals surface area contributed by atoms with Gasteiger partial charge in [0.25, 0.3) is 0 Å². The predicted molar refractivity (Wildman–Crippen MR) is 72.7 cm³/mol. The highest BCUT2D eigenvalue weighted by Gasteiger charge is 2.12. The molecule has 5 heteroatoms. The van der Waals surface area contributed by atoms with Crippen LogP contribution in [0, 0.1) is 0 Å². The van der Waals surface area contributed by atoms with E-state index in [9.17, 15) is 5.11 Å². The maximum absolute atomic E-state index is 9.28. The first-order valence-corrected chi connectivity index (χ1v) is 5.81. The summed E-state index contributed by atoms with van der Waals surface area (Å²) in [4.78, 5) is 0. The van der Waals surface area contributed by atoms with E-state index in [-0.39, 0.29) is 5.75 Å². The number of hydrogen-bond donors (Lipinski definition) is 2. The third-order valence-corrected chi connectivity index (χ3v) is 2.85. The summed E-state index contributed by atoms with van der Waals surface area (Å²) in [7, 11) is 0. The first-order chi connectivity index (χ1) is 9.25. The average Bonchev–Trinajstić information content (AvgIpc) is 2.83. The molecule has 5 nitrogen and oxygen atoms in total. The van der Waals surface area contributed by atoms with Crippen molar-refractivity contribution in [1.29, 1.82) is 0 Å². The SMILES string of the molecule is Nn1c(-c2ccccc2)nnc1-c1ccc(O)cc1. The highest BCUT2D eigenvalue weighted by Crippen LogP contribution is 2.23. The van der Waals surface area contributed by atoms with Crippen LogP contribution in [0.3, 0.4) is 0 Å². The Kier molecular flexibility index (Phi) is 2.64. The van der Waals surface area contributed by atoms with E-state index in [1.165, 1.54) is 4.68 Å². The zero-order valence-electron chi connectivity index (χ0n) is 10.1. The number of phenols is 1. The second-order valence-electron chi connectivity index (χ2n) is 4.13. The Morgan fingerprint density at radius 1 is 0.789 bits per heavy atom. The van der Waals surface area contributed by atoms with Crippen molar-refractivity contribution < 1.29 is 5.11 Å². The number of phenolic OH excluding ortho intramolecular Hbond substituents is 1. The van der Waals surface area contributed by atoms with E-state index >= 15 is 0 Å². The number of hydrogen-bond acceptors (Lipinski definition) is 4. The van der Waals surface area contributed by atoms with E-state index < -0.39 is 0 Å². The molecule has 0 aliphatic heterocycles. The lowest BCUT2D eigenvalue weighted by Crippen LogP contribution is -2.11. The minimum atomic E-state index is 0.204. The lowest BCUT2D eigenvalue weighted by molar-refractivity contribution is 0.475. The van der Waals surface area contributed by atoms with Crippen LogP contribution >= 0.6 is 0 Å². The summed E-state index contributed by atoms with van der Waals surface area (Å²) in [5.74, 6) is 7.39. The molecule has 1 heterocycles. The molecule has 0 amide bonds. The van der Waals surface area contributed by atoms with Gasteiger partial charge in [0.15, 0.2) is 11.6 Å². The molecular weight excluding hydrogens is 240 g/mol. The molecule has 2 aromatic carbocycles. The van der Waals surface area contributed by atoms with Gasteiger partial charge in [-0.3, -0.25) is 0 Å². The Bertz CT molecular complexity index is 689. The van der Waals surface area contributed by atoms with Crippen LogP contribution in [-0.2, 0) is 0 Å². The Morgan fingerprint density at radius 2 is 1.32 bits per heavy atom. The second-order valence-corrected chi connectivity index (χ2v) is 4.13. The monoisotopic (exact) mass is 252 g/mol. The molecule has 3 rings (SSSR count). The van der Waals surface area contributed by atoms with E-state index in [0.29, 0.717) is 11.6 Å². The highest BCUT2D eigenvalue weighted by atomic mass is 16.3. The van der Waals surface area contributed by atoms with Gasteiger partial charge in [0.05, 0.1) is 0 Å². The fourth-order valence-corrected chi connectivity index (χ4v) is 1.88. The lowest BCUT2D eigenvalue weighted by atomic mass is 10.2. The molecule has 0 aliphatic rings. The number of nitrogens with two attached hydrogens (primary N) is 1. The van der Waals surface area contributed by atoms with Crippen LogP contribution in [0.1, 0.15) is 0 Å². The molecule has 0 saturated carbocycles. The fraction of sp³-hybridized carbons (Fsp3) is 0. The molecule has 0 spiro atoms. The van der Waals surface area contributed by atoms with Crippen LogP contribution in [0.15, 0.2) is 54.6 Å². The topological polar surface area (TPSA) is 77.0 Å². The Hall–Kier alpha value is -2.82. The van der Waals surface area contributed by atoms with E-state index in [1.54, 1.807) is 24.3 Å². The summed E-state index contributed by atoms with van der Waals surface area (Å²) in [6.07, 6.45) is 0. The average molecular weight is 252 g/mol. The lowest BCUT2D eigenvalue weighted by Gasteiger charge is -2.04. The van der Waals surface area contributed by atoms with E-state index in [2.05, 4.69) is 10.2 Å². The van der Waals surface area contributed by atoms with Gasteiger partial charge in [-0.1, -0.05) is 30.3 Å². The quantitative estimate of drug-likeness (QED) is 0.684. The van der Waals surface area contributed by atoms with Crippen LogP contribution in [-0.4, -0.2) is 20.0 Å². The van der Waals surface area contributed by atoms with Crippen molar-refractivity contribution in [3.8, 4) is 28.5 Å². The van der Waals surface area contributed by atoms with Crippen molar-refractivity contribution in [2.24, 2.45) is 0 Å². The van der Waals surface area contributed by atoms with Crippen LogP contribution < -0.4 is 5.84 Å². The van der Waals surface area contributed by atoms with Crippen molar-refractivity contribution in [1.82, 2.24) is 14.9 Å². The molecule has 0 radical (unpaired) electrons. The minimum absolute atomic E-state index is 0.204. The van der Waals surface area contributed by atoms with Crippen molar-refractivity contribution in [3.05, 3.63) is 54.6 Å². The first kappa shape index (κ1) is 11.3. The van der Waals surface area contributed by atoms with Gasteiger partial charge in [-0.05, 0) is 24.3 Å². The Labute approximate surface area is 109 Å². The summed E-state index contributed by atoms with van der Waals surface area (Å²) < 4.78 is 1.45. The van der Waals surface area contributed by atoms with Crippen molar-refractivity contribution >= 4 is 0 Å². The number of rotatable bonds is 2. The van der Waals surface area contributed by atoms with Gasteiger partial charge < -0.3 is 10.9 Å². The zero-order chi connectivity index (χ0) is 13.2. The maximum atomic E-state index is 9.28. The summed E-state index contributed by atoms with van der Waals surface area (Å²) in [5.41, 5.74) is 1.71. The molecule has 0 bridgehead atoms. The molecule has 3 N–H and O–H groups in total. The van der Waals surface area contributed by atoms with E-state index in [1.807, 2.05) is 30.3 Å². The van der Waals surface area contributed by atoms with E-state index in [0.717, 1.165) is 11.1 Å². The molecule has 1 aromatic heterocycles. The Balaban J connectivity index is 2.06. The molecule has 19 heavy (non-hydrogen) atoms. The summed E-state index contributed by atoms with van der Waals surface area (Å²) in [5, 5.41) is 17.5. The highest BCUT2D eigenvalue weighted by molar-refractivity contribution is 5.63. The second kappa shape index (κ2) is 4.45. The smallest absolute Gasteiger partial charge is 0.182 e. The molecule has 0 aliphatic carbocycles. The van der Waals surface area contributed by atoms with Crippen LogP contribution in [0.25, 0.3) is 22.8 Å². The van der Waals surface area contributed by atoms with Gasteiger partial charge in [0.1, 0.15) is 5.75 Å². The van der Waals surface area contributed by atoms with Crippen molar-refractivity contribution in [3.63, 3.8) is 0 Å². The van der Waals surface area contributed by atoms with Gasteiger partial charge in [-0.2, -0.15) is 0 Å². The van der Waals surface area contributed by atoms with Crippen molar-refractivity contribution in [2.75, 3.05) is 5.84 Å². The fourth-order valence-electron chi connectivity index (χ4n) is 1.88. The molecule has 0 fully saturated rings. The Morgan fingerprint density at radius 3 is 1.89 bits per heavy atom. The summed E-state index contributed by atoms with van der Waals surface area (Å²) >= 11 is 0. The van der Waals surface area contributed by atoms with Gasteiger partial charge in [-0.25, -0.2) is 4.68 Å². The number of nitrogens with zero attached hydrogens (tertiary/aromatic N) is 3. The third kappa shape index (κ3) is 2.01. The maximum Gasteiger partial charge on any atom is 0.182 e. The van der Waals surface area contributed by atoms with Crippen molar-refractivity contribution in [2.45, 2.75) is 0 Å². The normalized spacial score (nSPS) is 10.5. The molecule has 0 unspecified atom stereocenters. The molecule has 0 atom stereocenters. The molecular formula is C14H12N4O. The number of aromatic nitrogens is 3. The van der Waals surface area contributed by atoms with Gasteiger partial charge >= 0.3 is 0 Å². The zero-order valence-corrected chi connectivity index (χ0v) is 10.1. The van der Waals surface area contributed by atoms with Crippen LogP contribution in [0.2, 0.25) is 0 Å². The van der Waals surface area contributed by atoms with Gasteiger partial charge in [-0.15, -0.1) is 10.2 Å². The van der Waals surface area contributed by atoms with Crippen LogP contribution in [0.5, 0.6) is 5.75 Å².